The van der Waals surface area contributed by atoms with Gasteiger partial charge in [0.2, 0.25) is 5.91 Å². The van der Waals surface area contributed by atoms with Crippen LogP contribution in [0.4, 0.5) is 0 Å². The van der Waals surface area contributed by atoms with Crippen molar-refractivity contribution in [1.82, 2.24) is 5.32 Å². The monoisotopic (exact) mass is 279 g/mol. The third-order valence-electron chi connectivity index (χ3n) is 2.75. The smallest absolute Gasteiger partial charge is 0.233 e. The molecular formula is C15H21NO2S. The second-order valence-corrected chi connectivity index (χ2v) is 5.90. The van der Waals surface area contributed by atoms with Crippen molar-refractivity contribution in [3.8, 4) is 0 Å². The minimum atomic E-state index is -0.154. The molecule has 104 valence electrons. The number of Topliss-reactive ketones (excluding diaryl/α,β-unsaturated/α-hetero) is 1. The van der Waals surface area contributed by atoms with E-state index in [0.29, 0.717) is 5.56 Å². The van der Waals surface area contributed by atoms with Crippen molar-refractivity contribution in [2.24, 2.45) is 0 Å². The molecule has 0 aromatic heterocycles. The van der Waals surface area contributed by atoms with Gasteiger partial charge in [-0.1, -0.05) is 25.5 Å². The summed E-state index contributed by atoms with van der Waals surface area (Å²) in [6.07, 6.45) is 2.07. The van der Waals surface area contributed by atoms with Crippen molar-refractivity contribution in [3.05, 3.63) is 29.8 Å². The average Bonchev–Trinajstić information content (AvgIpc) is 2.39. The summed E-state index contributed by atoms with van der Waals surface area (Å²) in [4.78, 5) is 24.1. The molecule has 1 aromatic carbocycles. The highest BCUT2D eigenvalue weighted by Gasteiger charge is 2.14. The van der Waals surface area contributed by atoms with Crippen molar-refractivity contribution in [3.63, 3.8) is 0 Å². The Morgan fingerprint density at radius 1 is 1.37 bits per heavy atom. The fourth-order valence-corrected chi connectivity index (χ4v) is 2.53. The number of benzene rings is 1. The van der Waals surface area contributed by atoms with E-state index < -0.39 is 0 Å². The van der Waals surface area contributed by atoms with E-state index in [4.69, 9.17) is 0 Å². The molecule has 0 fully saturated rings. The van der Waals surface area contributed by atoms with E-state index in [1.54, 1.807) is 13.0 Å². The number of rotatable bonds is 7. The molecule has 1 amide bonds. The Morgan fingerprint density at radius 2 is 2.11 bits per heavy atom. The number of unbranched alkanes of at least 4 members (excludes halogenated alkanes) is 1. The van der Waals surface area contributed by atoms with Gasteiger partial charge in [0.25, 0.3) is 0 Å². The van der Waals surface area contributed by atoms with Gasteiger partial charge in [-0.05, 0) is 32.4 Å². The lowest BCUT2D eigenvalue weighted by Gasteiger charge is -2.12. The maximum absolute atomic E-state index is 11.8. The van der Waals surface area contributed by atoms with Crippen LogP contribution in [0.1, 0.15) is 44.0 Å². The van der Waals surface area contributed by atoms with E-state index in [-0.39, 0.29) is 16.9 Å². The van der Waals surface area contributed by atoms with Crippen LogP contribution in [0.15, 0.2) is 29.2 Å². The number of carbonyl (C=O) groups is 2. The summed E-state index contributed by atoms with van der Waals surface area (Å²) < 4.78 is 0. The summed E-state index contributed by atoms with van der Waals surface area (Å²) in [5.74, 6) is 0.0918. The molecule has 0 radical (unpaired) electrons. The zero-order valence-electron chi connectivity index (χ0n) is 11.7. The zero-order valence-corrected chi connectivity index (χ0v) is 12.5. The molecule has 0 aliphatic heterocycles. The third kappa shape index (κ3) is 5.47. The summed E-state index contributed by atoms with van der Waals surface area (Å²) >= 11 is 1.48. The molecule has 0 heterocycles. The van der Waals surface area contributed by atoms with E-state index in [0.717, 1.165) is 24.3 Å². The van der Waals surface area contributed by atoms with E-state index in [9.17, 15) is 9.59 Å². The molecule has 4 heteroatoms. The van der Waals surface area contributed by atoms with Gasteiger partial charge in [0.15, 0.2) is 5.78 Å². The van der Waals surface area contributed by atoms with Crippen LogP contribution in [0.2, 0.25) is 0 Å². The molecular weight excluding hydrogens is 258 g/mol. The maximum Gasteiger partial charge on any atom is 0.233 e. The van der Waals surface area contributed by atoms with Gasteiger partial charge in [0.1, 0.15) is 0 Å². The molecule has 0 aliphatic rings. The molecule has 19 heavy (non-hydrogen) atoms. The van der Waals surface area contributed by atoms with Gasteiger partial charge in [-0.2, -0.15) is 0 Å². The van der Waals surface area contributed by atoms with Gasteiger partial charge in [-0.15, -0.1) is 11.8 Å². The first kappa shape index (κ1) is 15.8. The van der Waals surface area contributed by atoms with E-state index in [2.05, 4.69) is 12.2 Å². The van der Waals surface area contributed by atoms with Gasteiger partial charge in [0.05, 0.1) is 5.25 Å². The van der Waals surface area contributed by atoms with Crippen LogP contribution >= 0.6 is 11.8 Å². The Kier molecular flexibility index (Phi) is 6.64. The van der Waals surface area contributed by atoms with E-state index >= 15 is 0 Å². The standard InChI is InChI=1S/C15H21NO2S/c1-4-5-9-16-15(18)12(3)19-14-8-6-7-13(10-14)11(2)17/h6-8,10,12H,4-5,9H2,1-3H3,(H,16,18). The summed E-state index contributed by atoms with van der Waals surface area (Å²) in [7, 11) is 0. The Bertz CT molecular complexity index is 446. The Labute approximate surface area is 119 Å². The minimum Gasteiger partial charge on any atom is -0.355 e. The fraction of sp³-hybridized carbons (Fsp3) is 0.467. The molecule has 0 bridgehead atoms. The molecule has 0 saturated heterocycles. The number of hydrogen-bond acceptors (Lipinski definition) is 3. The first-order valence-electron chi connectivity index (χ1n) is 6.60. The predicted octanol–water partition coefficient (Wildman–Crippen LogP) is 3.29. The van der Waals surface area contributed by atoms with Gasteiger partial charge < -0.3 is 5.32 Å². The fourth-order valence-electron chi connectivity index (χ4n) is 1.58. The molecule has 1 unspecified atom stereocenters. The highest BCUT2D eigenvalue weighted by molar-refractivity contribution is 8.00. The van der Waals surface area contributed by atoms with Crippen LogP contribution in [0.25, 0.3) is 0 Å². The van der Waals surface area contributed by atoms with E-state index in [1.165, 1.54) is 11.8 Å². The van der Waals surface area contributed by atoms with Crippen molar-refractivity contribution in [2.45, 2.75) is 43.8 Å². The third-order valence-corrected chi connectivity index (χ3v) is 3.85. The Balaban J connectivity index is 2.56. The van der Waals surface area contributed by atoms with Crippen molar-refractivity contribution in [1.29, 1.82) is 0 Å². The summed E-state index contributed by atoms with van der Waals surface area (Å²) in [6.45, 7) is 6.25. The summed E-state index contributed by atoms with van der Waals surface area (Å²) in [6, 6.07) is 7.40. The number of ketones is 1. The topological polar surface area (TPSA) is 46.2 Å². The molecule has 0 saturated carbocycles. The van der Waals surface area contributed by atoms with Crippen LogP contribution in [0, 0.1) is 0 Å². The lowest BCUT2D eigenvalue weighted by Crippen LogP contribution is -2.31. The van der Waals surface area contributed by atoms with Gasteiger partial charge in [-0.25, -0.2) is 0 Å². The molecule has 1 N–H and O–H groups in total. The highest BCUT2D eigenvalue weighted by Crippen LogP contribution is 2.24. The lowest BCUT2D eigenvalue weighted by atomic mass is 10.2. The van der Waals surface area contributed by atoms with Crippen LogP contribution in [0.3, 0.4) is 0 Å². The zero-order chi connectivity index (χ0) is 14.3. The quantitative estimate of drug-likeness (QED) is 0.473. The number of hydrogen-bond donors (Lipinski definition) is 1. The Morgan fingerprint density at radius 3 is 2.74 bits per heavy atom. The number of amides is 1. The molecule has 0 aliphatic carbocycles. The van der Waals surface area contributed by atoms with Gasteiger partial charge in [-0.3, -0.25) is 9.59 Å². The van der Waals surface area contributed by atoms with Crippen molar-refractivity contribution in [2.75, 3.05) is 6.54 Å². The van der Waals surface area contributed by atoms with Crippen molar-refractivity contribution < 1.29 is 9.59 Å². The van der Waals surface area contributed by atoms with Gasteiger partial charge in [0, 0.05) is 17.0 Å². The van der Waals surface area contributed by atoms with Crippen LogP contribution < -0.4 is 5.32 Å². The normalized spacial score (nSPS) is 11.9. The van der Waals surface area contributed by atoms with Gasteiger partial charge >= 0.3 is 0 Å². The number of carbonyl (C=O) groups excluding carboxylic acids is 2. The lowest BCUT2D eigenvalue weighted by molar-refractivity contribution is -0.120. The van der Waals surface area contributed by atoms with Crippen LogP contribution in [0.5, 0.6) is 0 Å². The summed E-state index contributed by atoms with van der Waals surface area (Å²) in [5.41, 5.74) is 0.684. The van der Waals surface area contributed by atoms with Crippen molar-refractivity contribution >= 4 is 23.5 Å². The highest BCUT2D eigenvalue weighted by atomic mass is 32.2. The predicted molar refractivity (Wildman–Crippen MR) is 79.7 cm³/mol. The second kappa shape index (κ2) is 8.00. The molecule has 3 nitrogen and oxygen atoms in total. The van der Waals surface area contributed by atoms with E-state index in [1.807, 2.05) is 25.1 Å². The maximum atomic E-state index is 11.8. The first-order valence-corrected chi connectivity index (χ1v) is 7.48. The second-order valence-electron chi connectivity index (χ2n) is 4.49. The van der Waals surface area contributed by atoms with Crippen LogP contribution in [-0.2, 0) is 4.79 Å². The number of nitrogens with one attached hydrogen (secondary N) is 1. The number of thioether (sulfide) groups is 1. The SMILES string of the molecule is CCCCNC(=O)C(C)Sc1cccc(C(C)=O)c1. The minimum absolute atomic E-state index is 0.0440. The molecule has 1 atom stereocenters. The Hall–Kier alpha value is -1.29. The average molecular weight is 279 g/mol. The summed E-state index contributed by atoms with van der Waals surface area (Å²) in [5, 5.41) is 2.76. The first-order chi connectivity index (χ1) is 9.04. The van der Waals surface area contributed by atoms with Crippen LogP contribution in [-0.4, -0.2) is 23.5 Å². The molecule has 1 rings (SSSR count). The molecule has 1 aromatic rings. The molecule has 0 spiro atoms. The largest absolute Gasteiger partial charge is 0.355 e.